The van der Waals surface area contributed by atoms with Crippen LogP contribution >= 0.6 is 7.82 Å². The van der Waals surface area contributed by atoms with Gasteiger partial charge in [0.15, 0.2) is 0 Å². The SMILES string of the molecule is CC(C)=CCCC(C)=CCC(C=C(C)CCC=C(C)C)OP(=O)(O)O. The lowest BCUT2D eigenvalue weighted by Gasteiger charge is -2.15. The zero-order chi connectivity index (χ0) is 19.5. The van der Waals surface area contributed by atoms with E-state index < -0.39 is 13.9 Å². The lowest BCUT2D eigenvalue weighted by atomic mass is 10.0. The van der Waals surface area contributed by atoms with Gasteiger partial charge in [-0.2, -0.15) is 0 Å². The van der Waals surface area contributed by atoms with Gasteiger partial charge in [0.1, 0.15) is 0 Å². The van der Waals surface area contributed by atoms with Gasteiger partial charge in [-0.25, -0.2) is 4.57 Å². The maximum atomic E-state index is 11.2. The molecule has 0 fully saturated rings. The van der Waals surface area contributed by atoms with Crippen molar-refractivity contribution in [1.82, 2.24) is 0 Å². The van der Waals surface area contributed by atoms with Crippen LogP contribution in [0.4, 0.5) is 0 Å². The second-order valence-corrected chi connectivity index (χ2v) is 8.27. The fourth-order valence-corrected chi connectivity index (χ4v) is 2.81. The molecule has 0 aliphatic carbocycles. The molecule has 5 heteroatoms. The van der Waals surface area contributed by atoms with Crippen molar-refractivity contribution in [1.29, 1.82) is 0 Å². The Morgan fingerprint density at radius 1 is 0.880 bits per heavy atom. The van der Waals surface area contributed by atoms with E-state index in [0.29, 0.717) is 6.42 Å². The summed E-state index contributed by atoms with van der Waals surface area (Å²) in [5.41, 5.74) is 4.84. The molecular weight excluding hydrogens is 335 g/mol. The fourth-order valence-electron chi connectivity index (χ4n) is 2.31. The molecule has 0 saturated heterocycles. The highest BCUT2D eigenvalue weighted by molar-refractivity contribution is 7.46. The van der Waals surface area contributed by atoms with Gasteiger partial charge >= 0.3 is 7.82 Å². The van der Waals surface area contributed by atoms with E-state index in [0.717, 1.165) is 31.3 Å². The molecule has 0 spiro atoms. The molecule has 0 aromatic rings. The van der Waals surface area contributed by atoms with Crippen LogP contribution in [-0.4, -0.2) is 15.9 Å². The summed E-state index contributed by atoms with van der Waals surface area (Å²) in [4.78, 5) is 18.3. The van der Waals surface area contributed by atoms with Crippen LogP contribution in [0.25, 0.3) is 0 Å². The average molecular weight is 370 g/mol. The van der Waals surface area contributed by atoms with E-state index >= 15 is 0 Å². The first-order valence-corrected chi connectivity index (χ1v) is 10.4. The van der Waals surface area contributed by atoms with Crippen LogP contribution in [0.1, 0.15) is 73.6 Å². The Morgan fingerprint density at radius 3 is 1.80 bits per heavy atom. The Morgan fingerprint density at radius 2 is 1.36 bits per heavy atom. The first-order chi connectivity index (χ1) is 11.5. The fraction of sp³-hybridized carbons (Fsp3) is 0.600. The van der Waals surface area contributed by atoms with E-state index in [1.54, 1.807) is 0 Å². The topological polar surface area (TPSA) is 66.8 Å². The van der Waals surface area contributed by atoms with Crippen molar-refractivity contribution in [3.8, 4) is 0 Å². The van der Waals surface area contributed by atoms with Crippen LogP contribution in [-0.2, 0) is 9.09 Å². The number of hydrogen-bond acceptors (Lipinski definition) is 2. The Labute approximate surface area is 153 Å². The van der Waals surface area contributed by atoms with Gasteiger partial charge < -0.3 is 9.79 Å². The van der Waals surface area contributed by atoms with Crippen molar-refractivity contribution in [3.05, 3.63) is 46.6 Å². The Balaban J connectivity index is 4.84. The van der Waals surface area contributed by atoms with Crippen molar-refractivity contribution in [2.45, 2.75) is 79.8 Å². The smallest absolute Gasteiger partial charge is 0.303 e. The lowest BCUT2D eigenvalue weighted by Crippen LogP contribution is -2.08. The summed E-state index contributed by atoms with van der Waals surface area (Å²) >= 11 is 0. The van der Waals surface area contributed by atoms with Gasteiger partial charge in [-0.3, -0.25) is 4.52 Å². The summed E-state index contributed by atoms with van der Waals surface area (Å²) in [7, 11) is -4.51. The molecule has 0 bridgehead atoms. The Bertz CT molecular complexity index is 556. The normalized spacial score (nSPS) is 14.2. The first-order valence-electron chi connectivity index (χ1n) is 8.83. The summed E-state index contributed by atoms with van der Waals surface area (Å²) in [6.07, 6.45) is 11.7. The van der Waals surface area contributed by atoms with Crippen molar-refractivity contribution in [3.63, 3.8) is 0 Å². The second kappa shape index (κ2) is 12.4. The van der Waals surface area contributed by atoms with E-state index in [1.165, 1.54) is 16.7 Å². The van der Waals surface area contributed by atoms with Crippen LogP contribution < -0.4 is 0 Å². The molecule has 0 rings (SSSR count). The molecular formula is C20H35O4P. The zero-order valence-electron chi connectivity index (χ0n) is 16.6. The molecule has 1 unspecified atom stereocenters. The van der Waals surface area contributed by atoms with Crippen molar-refractivity contribution >= 4 is 7.82 Å². The quantitative estimate of drug-likeness (QED) is 0.334. The Hall–Kier alpha value is -0.930. The summed E-state index contributed by atoms with van der Waals surface area (Å²) < 4.78 is 16.2. The predicted octanol–water partition coefficient (Wildman–Crippen LogP) is 6.24. The van der Waals surface area contributed by atoms with Gasteiger partial charge in [-0.15, -0.1) is 0 Å². The third kappa shape index (κ3) is 16.3. The van der Waals surface area contributed by atoms with E-state index in [4.69, 9.17) is 14.3 Å². The number of rotatable bonds is 11. The molecule has 25 heavy (non-hydrogen) atoms. The van der Waals surface area contributed by atoms with Crippen LogP contribution in [0.15, 0.2) is 46.6 Å². The molecule has 0 aliphatic heterocycles. The highest BCUT2D eigenvalue weighted by Gasteiger charge is 2.20. The summed E-state index contributed by atoms with van der Waals surface area (Å²) in [6.45, 7) is 12.3. The molecule has 1 atom stereocenters. The van der Waals surface area contributed by atoms with Gasteiger partial charge in [0.2, 0.25) is 0 Å². The highest BCUT2D eigenvalue weighted by atomic mass is 31.2. The molecule has 0 aliphatic rings. The van der Waals surface area contributed by atoms with Gasteiger partial charge in [0, 0.05) is 0 Å². The lowest BCUT2D eigenvalue weighted by molar-refractivity contribution is 0.162. The zero-order valence-corrected chi connectivity index (χ0v) is 17.5. The molecule has 0 saturated carbocycles. The van der Waals surface area contributed by atoms with Crippen molar-refractivity contribution in [2.75, 3.05) is 0 Å². The van der Waals surface area contributed by atoms with Crippen LogP contribution in [0, 0.1) is 0 Å². The predicted molar refractivity (Wildman–Crippen MR) is 106 cm³/mol. The van der Waals surface area contributed by atoms with E-state index in [1.807, 2.05) is 26.0 Å². The number of hydrogen-bond donors (Lipinski definition) is 2. The van der Waals surface area contributed by atoms with Gasteiger partial charge in [0.05, 0.1) is 6.10 Å². The first kappa shape index (κ1) is 24.1. The minimum Gasteiger partial charge on any atom is -0.303 e. The second-order valence-electron chi connectivity index (χ2n) is 7.07. The van der Waals surface area contributed by atoms with Gasteiger partial charge in [0.25, 0.3) is 0 Å². The summed E-state index contributed by atoms with van der Waals surface area (Å²) in [6, 6.07) is 0. The van der Waals surface area contributed by atoms with E-state index in [-0.39, 0.29) is 0 Å². The molecule has 0 aromatic carbocycles. The largest absolute Gasteiger partial charge is 0.470 e. The van der Waals surface area contributed by atoms with Crippen LogP contribution in [0.3, 0.4) is 0 Å². The third-order valence-corrected chi connectivity index (χ3v) is 4.17. The molecule has 2 N–H and O–H groups in total. The van der Waals surface area contributed by atoms with Gasteiger partial charge in [-0.05, 0) is 73.6 Å². The monoisotopic (exact) mass is 370 g/mol. The van der Waals surface area contributed by atoms with E-state index in [2.05, 4.69) is 39.8 Å². The van der Waals surface area contributed by atoms with Gasteiger partial charge in [-0.1, -0.05) is 46.6 Å². The summed E-state index contributed by atoms with van der Waals surface area (Å²) in [5, 5.41) is 0. The minimum absolute atomic E-state index is 0.464. The molecule has 0 aromatic heterocycles. The average Bonchev–Trinajstić information content (AvgIpc) is 2.42. The van der Waals surface area contributed by atoms with Crippen molar-refractivity contribution in [2.24, 2.45) is 0 Å². The molecule has 0 amide bonds. The number of phosphoric ester groups is 1. The molecule has 0 radical (unpaired) electrons. The molecule has 144 valence electrons. The highest BCUT2D eigenvalue weighted by Crippen LogP contribution is 2.39. The van der Waals surface area contributed by atoms with E-state index in [9.17, 15) is 4.57 Å². The maximum absolute atomic E-state index is 11.2. The summed E-state index contributed by atoms with van der Waals surface area (Å²) in [5.74, 6) is 0. The number of allylic oxidation sites excluding steroid dienone is 6. The van der Waals surface area contributed by atoms with Crippen molar-refractivity contribution < 1.29 is 18.9 Å². The van der Waals surface area contributed by atoms with Crippen LogP contribution in [0.2, 0.25) is 0 Å². The van der Waals surface area contributed by atoms with Crippen LogP contribution in [0.5, 0.6) is 0 Å². The maximum Gasteiger partial charge on any atom is 0.470 e. The molecule has 4 nitrogen and oxygen atoms in total. The minimum atomic E-state index is -4.51. The molecule has 0 heterocycles. The standard InChI is InChI=1S/C20H35O4P/c1-16(2)9-7-11-18(5)13-14-20(24-25(21,22)23)15-19(6)12-8-10-17(3)4/h9-10,13,15,20H,7-8,11-12,14H2,1-6H3,(H2,21,22,23). The number of phosphoric acid groups is 1. The third-order valence-electron chi connectivity index (χ3n) is 3.62. The Kier molecular flexibility index (Phi) is 12.0.